The van der Waals surface area contributed by atoms with Gasteiger partial charge in [-0.25, -0.2) is 0 Å². The lowest BCUT2D eigenvalue weighted by atomic mass is 9.87. The van der Waals surface area contributed by atoms with E-state index >= 15 is 0 Å². The van der Waals surface area contributed by atoms with E-state index in [0.29, 0.717) is 0 Å². The lowest BCUT2D eigenvalue weighted by Gasteiger charge is -2.27. The number of benzene rings is 5. The summed E-state index contributed by atoms with van der Waals surface area (Å²) in [5.41, 5.74) is 1.37. The van der Waals surface area contributed by atoms with Gasteiger partial charge in [-0.05, 0) is 55.2 Å². The Labute approximate surface area is 184 Å². The van der Waals surface area contributed by atoms with Crippen molar-refractivity contribution in [2.24, 2.45) is 0 Å². The monoisotopic (exact) mass is 419 g/mol. The van der Waals surface area contributed by atoms with Crippen molar-refractivity contribution in [2.75, 3.05) is 31.2 Å². The van der Waals surface area contributed by atoms with Gasteiger partial charge in [-0.3, -0.25) is 0 Å². The molecule has 0 aliphatic carbocycles. The number of ether oxygens (including phenoxy) is 1. The fraction of sp³-hybridized carbons (Fsp3) is 0.143. The Morgan fingerprint density at radius 1 is 0.613 bits per heavy atom. The number of morpholine rings is 1. The first-order valence-electron chi connectivity index (χ1n) is 10.9. The molecule has 1 fully saturated rings. The SMILES string of the molecule is c1cc2ccc3c(-c4ccc(N5CCOCC5)s4)c4ccccc4c4ccc(c1)c2c34. The Bertz CT molecular complexity index is 1560. The van der Waals surface area contributed by atoms with Crippen molar-refractivity contribution in [2.45, 2.75) is 0 Å². The van der Waals surface area contributed by atoms with E-state index in [9.17, 15) is 0 Å². The Hall–Kier alpha value is -3.14. The summed E-state index contributed by atoms with van der Waals surface area (Å²) in [5, 5.41) is 12.1. The van der Waals surface area contributed by atoms with Gasteiger partial charge < -0.3 is 9.64 Å². The minimum absolute atomic E-state index is 0.814. The first kappa shape index (κ1) is 17.5. The Balaban J connectivity index is 1.59. The highest BCUT2D eigenvalue weighted by atomic mass is 32.1. The minimum atomic E-state index is 0.814. The van der Waals surface area contributed by atoms with Gasteiger partial charge in [0.1, 0.15) is 0 Å². The third-order valence-electron chi connectivity index (χ3n) is 6.69. The van der Waals surface area contributed by atoms with Gasteiger partial charge in [0.25, 0.3) is 0 Å². The van der Waals surface area contributed by atoms with E-state index in [4.69, 9.17) is 4.74 Å². The minimum Gasteiger partial charge on any atom is -0.378 e. The lowest BCUT2D eigenvalue weighted by molar-refractivity contribution is 0.123. The number of thiophene rings is 1. The molecule has 3 heteroatoms. The molecule has 5 aromatic carbocycles. The molecule has 7 rings (SSSR count). The Morgan fingerprint density at radius 3 is 2.16 bits per heavy atom. The van der Waals surface area contributed by atoms with Crippen molar-refractivity contribution in [3.05, 3.63) is 78.9 Å². The summed E-state index contributed by atoms with van der Waals surface area (Å²) in [5.74, 6) is 0. The van der Waals surface area contributed by atoms with Gasteiger partial charge in [0, 0.05) is 23.5 Å². The topological polar surface area (TPSA) is 12.5 Å². The normalized spacial score (nSPS) is 15.0. The summed E-state index contributed by atoms with van der Waals surface area (Å²) in [6.07, 6.45) is 0. The zero-order valence-corrected chi connectivity index (χ0v) is 17.9. The van der Waals surface area contributed by atoms with Crippen molar-refractivity contribution < 1.29 is 4.74 Å². The summed E-state index contributed by atoms with van der Waals surface area (Å²) in [6.45, 7) is 3.57. The van der Waals surface area contributed by atoms with Crippen LogP contribution in [0.2, 0.25) is 0 Å². The van der Waals surface area contributed by atoms with Crippen LogP contribution in [-0.2, 0) is 4.74 Å². The highest BCUT2D eigenvalue weighted by molar-refractivity contribution is 7.19. The number of fused-ring (bicyclic) bond motifs is 2. The van der Waals surface area contributed by atoms with Crippen LogP contribution in [0.3, 0.4) is 0 Å². The Morgan fingerprint density at radius 2 is 1.35 bits per heavy atom. The highest BCUT2D eigenvalue weighted by Gasteiger charge is 2.19. The van der Waals surface area contributed by atoms with E-state index in [1.165, 1.54) is 58.5 Å². The molecule has 2 nitrogen and oxygen atoms in total. The number of anilines is 1. The molecule has 0 amide bonds. The van der Waals surface area contributed by atoms with E-state index in [0.717, 1.165) is 26.3 Å². The summed E-state index contributed by atoms with van der Waals surface area (Å²) < 4.78 is 5.56. The summed E-state index contributed by atoms with van der Waals surface area (Å²) in [6, 6.07) is 29.3. The third-order valence-corrected chi connectivity index (χ3v) is 7.86. The molecule has 1 saturated heterocycles. The molecule has 0 N–H and O–H groups in total. The molecule has 1 aliphatic heterocycles. The smallest absolute Gasteiger partial charge is 0.0916 e. The van der Waals surface area contributed by atoms with Gasteiger partial charge in [0.15, 0.2) is 0 Å². The van der Waals surface area contributed by atoms with Crippen LogP contribution in [0.5, 0.6) is 0 Å². The van der Waals surface area contributed by atoms with Gasteiger partial charge in [-0.15, -0.1) is 11.3 Å². The molecule has 6 aromatic rings. The largest absolute Gasteiger partial charge is 0.378 e. The van der Waals surface area contributed by atoms with Crippen LogP contribution in [0.15, 0.2) is 78.9 Å². The summed E-state index contributed by atoms with van der Waals surface area (Å²) in [4.78, 5) is 3.80. The van der Waals surface area contributed by atoms with E-state index in [1.807, 2.05) is 11.3 Å². The standard InChI is InChI=1S/C28H21NOS/c1-2-7-21-20(6-1)22-10-8-18-4-3-5-19-9-11-23(28(22)26(18)19)27(21)24-12-13-25(31-24)29-14-16-30-17-15-29/h1-13H,14-17H2. The lowest BCUT2D eigenvalue weighted by Crippen LogP contribution is -2.35. The first-order valence-corrected chi connectivity index (χ1v) is 11.7. The Kier molecular flexibility index (Phi) is 3.78. The highest BCUT2D eigenvalue weighted by Crippen LogP contribution is 2.47. The molecule has 31 heavy (non-hydrogen) atoms. The zero-order valence-electron chi connectivity index (χ0n) is 17.1. The van der Waals surface area contributed by atoms with E-state index < -0.39 is 0 Å². The average Bonchev–Trinajstić information content (AvgIpc) is 3.32. The molecule has 0 atom stereocenters. The van der Waals surface area contributed by atoms with Crippen LogP contribution in [0.1, 0.15) is 0 Å². The first-order chi connectivity index (χ1) is 15.4. The summed E-state index contributed by atoms with van der Waals surface area (Å²) >= 11 is 1.91. The molecule has 1 aromatic heterocycles. The van der Waals surface area contributed by atoms with Crippen LogP contribution in [-0.4, -0.2) is 26.3 Å². The quantitative estimate of drug-likeness (QED) is 0.216. The van der Waals surface area contributed by atoms with Crippen LogP contribution >= 0.6 is 11.3 Å². The van der Waals surface area contributed by atoms with Gasteiger partial charge in [0.2, 0.25) is 0 Å². The molecular weight excluding hydrogens is 398 g/mol. The van der Waals surface area contributed by atoms with Crippen molar-refractivity contribution in [1.82, 2.24) is 0 Å². The predicted molar refractivity (Wildman–Crippen MR) is 134 cm³/mol. The van der Waals surface area contributed by atoms with Crippen molar-refractivity contribution >= 4 is 59.4 Å². The maximum absolute atomic E-state index is 5.56. The van der Waals surface area contributed by atoms with Gasteiger partial charge >= 0.3 is 0 Å². The fourth-order valence-corrected chi connectivity index (χ4v) is 6.41. The second kappa shape index (κ2) is 6.68. The molecule has 0 radical (unpaired) electrons. The van der Waals surface area contributed by atoms with Gasteiger partial charge in [-0.2, -0.15) is 0 Å². The van der Waals surface area contributed by atoms with E-state index in [1.54, 1.807) is 0 Å². The van der Waals surface area contributed by atoms with Crippen LogP contribution in [0.25, 0.3) is 53.5 Å². The van der Waals surface area contributed by atoms with E-state index in [2.05, 4.69) is 83.8 Å². The van der Waals surface area contributed by atoms with Crippen LogP contribution < -0.4 is 4.90 Å². The van der Waals surface area contributed by atoms with E-state index in [-0.39, 0.29) is 0 Å². The fourth-order valence-electron chi connectivity index (χ4n) is 5.28. The van der Waals surface area contributed by atoms with Gasteiger partial charge in [0.05, 0.1) is 18.2 Å². The van der Waals surface area contributed by atoms with Crippen molar-refractivity contribution in [1.29, 1.82) is 0 Å². The number of hydrogen-bond donors (Lipinski definition) is 0. The molecule has 0 bridgehead atoms. The third kappa shape index (κ3) is 2.54. The maximum atomic E-state index is 5.56. The molecular formula is C28H21NOS. The van der Waals surface area contributed by atoms with Crippen molar-refractivity contribution in [3.8, 4) is 10.4 Å². The molecule has 0 spiro atoms. The van der Waals surface area contributed by atoms with Crippen molar-refractivity contribution in [3.63, 3.8) is 0 Å². The molecule has 150 valence electrons. The molecule has 0 unspecified atom stereocenters. The molecule has 2 heterocycles. The second-order valence-electron chi connectivity index (χ2n) is 8.34. The number of nitrogens with zero attached hydrogens (tertiary/aromatic N) is 1. The van der Waals surface area contributed by atoms with Gasteiger partial charge in [-0.1, -0.05) is 66.7 Å². The number of hydrogen-bond acceptors (Lipinski definition) is 3. The molecule has 1 aliphatic rings. The summed E-state index contributed by atoms with van der Waals surface area (Å²) in [7, 11) is 0. The molecule has 0 saturated carbocycles. The zero-order chi connectivity index (χ0) is 20.4. The number of rotatable bonds is 2. The average molecular weight is 420 g/mol. The second-order valence-corrected chi connectivity index (χ2v) is 9.40. The predicted octanol–water partition coefficient (Wildman–Crippen LogP) is 7.30. The maximum Gasteiger partial charge on any atom is 0.0916 e. The van der Waals surface area contributed by atoms with Crippen LogP contribution in [0, 0.1) is 0 Å². The van der Waals surface area contributed by atoms with Crippen LogP contribution in [0.4, 0.5) is 5.00 Å².